The van der Waals surface area contributed by atoms with E-state index in [1.807, 2.05) is 0 Å². The van der Waals surface area contributed by atoms with Crippen molar-refractivity contribution in [2.45, 2.75) is 44.6 Å². The number of furan rings is 1. The first kappa shape index (κ1) is 9.72. The molecule has 0 atom stereocenters. The number of nitrogens with two attached hydrogens (primary N) is 1. The van der Waals surface area contributed by atoms with E-state index in [1.54, 1.807) is 0 Å². The zero-order valence-corrected chi connectivity index (χ0v) is 9.96. The van der Waals surface area contributed by atoms with Gasteiger partial charge < -0.3 is 10.2 Å². The summed E-state index contributed by atoms with van der Waals surface area (Å²) in [6.07, 6.45) is 6.35. The summed E-state index contributed by atoms with van der Waals surface area (Å²) in [5, 5.41) is 1.34. The number of rotatable bonds is 2. The first-order valence-electron chi connectivity index (χ1n) is 6.64. The van der Waals surface area contributed by atoms with Crippen LogP contribution < -0.4 is 5.73 Å². The van der Waals surface area contributed by atoms with Crippen molar-refractivity contribution in [2.75, 3.05) is 0 Å². The van der Waals surface area contributed by atoms with Crippen molar-refractivity contribution in [3.63, 3.8) is 0 Å². The molecule has 2 aliphatic rings. The SMILES string of the molecule is NCc1oc2cc3c(cc2c1C1CC1)CCC3. The average molecular weight is 227 g/mol. The average Bonchev–Trinajstić information content (AvgIpc) is 2.96. The van der Waals surface area contributed by atoms with Gasteiger partial charge in [0, 0.05) is 10.9 Å². The maximum Gasteiger partial charge on any atom is 0.134 e. The van der Waals surface area contributed by atoms with E-state index in [1.165, 1.54) is 54.2 Å². The highest BCUT2D eigenvalue weighted by atomic mass is 16.3. The van der Waals surface area contributed by atoms with E-state index in [0.29, 0.717) is 12.5 Å². The van der Waals surface area contributed by atoms with Gasteiger partial charge in [-0.25, -0.2) is 0 Å². The minimum absolute atomic E-state index is 0.533. The molecule has 17 heavy (non-hydrogen) atoms. The molecule has 1 aromatic heterocycles. The molecule has 2 nitrogen and oxygen atoms in total. The highest BCUT2D eigenvalue weighted by Gasteiger charge is 2.31. The van der Waals surface area contributed by atoms with Crippen LogP contribution in [-0.2, 0) is 19.4 Å². The summed E-state index contributed by atoms with van der Waals surface area (Å²) in [5.74, 6) is 1.74. The first-order valence-corrected chi connectivity index (χ1v) is 6.64. The van der Waals surface area contributed by atoms with Crippen LogP contribution in [0, 0.1) is 0 Å². The molecule has 0 saturated heterocycles. The summed E-state index contributed by atoms with van der Waals surface area (Å²) in [6.45, 7) is 0.533. The predicted molar refractivity (Wildman–Crippen MR) is 68.1 cm³/mol. The van der Waals surface area contributed by atoms with Crippen LogP contribution in [0.2, 0.25) is 0 Å². The van der Waals surface area contributed by atoms with Crippen molar-refractivity contribution in [1.29, 1.82) is 0 Å². The van der Waals surface area contributed by atoms with Crippen molar-refractivity contribution in [1.82, 2.24) is 0 Å². The third kappa shape index (κ3) is 1.37. The van der Waals surface area contributed by atoms with E-state index in [9.17, 15) is 0 Å². The molecule has 1 heterocycles. The van der Waals surface area contributed by atoms with E-state index in [2.05, 4.69) is 12.1 Å². The molecular weight excluding hydrogens is 210 g/mol. The van der Waals surface area contributed by atoms with Gasteiger partial charge in [0.15, 0.2) is 0 Å². The summed E-state index contributed by atoms with van der Waals surface area (Å²) in [7, 11) is 0. The Kier molecular flexibility index (Phi) is 1.92. The smallest absolute Gasteiger partial charge is 0.134 e. The van der Waals surface area contributed by atoms with Crippen LogP contribution in [0.5, 0.6) is 0 Å². The number of hydrogen-bond acceptors (Lipinski definition) is 2. The fourth-order valence-corrected chi connectivity index (χ4v) is 3.21. The third-order valence-electron chi connectivity index (χ3n) is 4.19. The van der Waals surface area contributed by atoms with E-state index in [4.69, 9.17) is 10.2 Å². The van der Waals surface area contributed by atoms with Crippen LogP contribution in [0.3, 0.4) is 0 Å². The van der Waals surface area contributed by atoms with E-state index in [-0.39, 0.29) is 0 Å². The van der Waals surface area contributed by atoms with Gasteiger partial charge in [-0.05, 0) is 61.3 Å². The topological polar surface area (TPSA) is 39.2 Å². The van der Waals surface area contributed by atoms with Gasteiger partial charge in [0.05, 0.1) is 6.54 Å². The maximum absolute atomic E-state index is 5.95. The molecule has 88 valence electrons. The molecule has 2 aliphatic carbocycles. The van der Waals surface area contributed by atoms with Crippen molar-refractivity contribution in [3.05, 3.63) is 34.6 Å². The molecule has 0 spiro atoms. The second kappa shape index (κ2) is 3.36. The van der Waals surface area contributed by atoms with Crippen molar-refractivity contribution < 1.29 is 4.42 Å². The number of fused-ring (bicyclic) bond motifs is 2. The van der Waals surface area contributed by atoms with Crippen molar-refractivity contribution in [2.24, 2.45) is 5.73 Å². The van der Waals surface area contributed by atoms with E-state index < -0.39 is 0 Å². The lowest BCUT2D eigenvalue weighted by molar-refractivity contribution is 0.545. The second-order valence-corrected chi connectivity index (χ2v) is 5.39. The number of aryl methyl sites for hydroxylation is 2. The van der Waals surface area contributed by atoms with Gasteiger partial charge in [-0.3, -0.25) is 0 Å². The monoisotopic (exact) mass is 227 g/mol. The molecule has 1 fully saturated rings. The van der Waals surface area contributed by atoms with Crippen molar-refractivity contribution in [3.8, 4) is 0 Å². The molecule has 2 aromatic rings. The van der Waals surface area contributed by atoms with E-state index in [0.717, 1.165) is 11.3 Å². The standard InChI is InChI=1S/C15H17NO/c16-8-14-15(9-4-5-9)12-6-10-2-1-3-11(10)7-13(12)17-14/h6-7,9H,1-5,8,16H2. The Morgan fingerprint density at radius 1 is 1.18 bits per heavy atom. The normalized spacial score (nSPS) is 18.9. The highest BCUT2D eigenvalue weighted by Crippen LogP contribution is 2.46. The van der Waals surface area contributed by atoms with Gasteiger partial charge in [0.1, 0.15) is 11.3 Å². The quantitative estimate of drug-likeness (QED) is 0.855. The summed E-state index contributed by atoms with van der Waals surface area (Å²) in [5.41, 5.74) is 11.3. The van der Waals surface area contributed by atoms with Gasteiger partial charge in [0.25, 0.3) is 0 Å². The Morgan fingerprint density at radius 3 is 2.65 bits per heavy atom. The van der Waals surface area contributed by atoms with Crippen LogP contribution >= 0.6 is 0 Å². The summed E-state index contributed by atoms with van der Waals surface area (Å²) < 4.78 is 5.95. The predicted octanol–water partition coefficient (Wildman–Crippen LogP) is 3.26. The van der Waals surface area contributed by atoms with Gasteiger partial charge in [-0.1, -0.05) is 0 Å². The zero-order valence-electron chi connectivity index (χ0n) is 9.96. The Morgan fingerprint density at radius 2 is 1.94 bits per heavy atom. The van der Waals surface area contributed by atoms with Crippen LogP contribution in [0.1, 0.15) is 47.6 Å². The van der Waals surface area contributed by atoms with Gasteiger partial charge in [0.2, 0.25) is 0 Å². The summed E-state index contributed by atoms with van der Waals surface area (Å²) in [6, 6.07) is 4.62. The molecule has 4 rings (SSSR count). The molecule has 0 unspecified atom stereocenters. The Labute approximate surface area is 101 Å². The van der Waals surface area contributed by atoms with Crippen LogP contribution in [0.15, 0.2) is 16.5 Å². The second-order valence-electron chi connectivity index (χ2n) is 5.39. The first-order chi connectivity index (χ1) is 8.36. The van der Waals surface area contributed by atoms with Gasteiger partial charge >= 0.3 is 0 Å². The molecular formula is C15H17NO. The van der Waals surface area contributed by atoms with Crippen molar-refractivity contribution >= 4 is 11.0 Å². The van der Waals surface area contributed by atoms with Crippen LogP contribution in [0.25, 0.3) is 11.0 Å². The van der Waals surface area contributed by atoms with Crippen LogP contribution in [-0.4, -0.2) is 0 Å². The molecule has 2 N–H and O–H groups in total. The summed E-state index contributed by atoms with van der Waals surface area (Å²) >= 11 is 0. The summed E-state index contributed by atoms with van der Waals surface area (Å²) in [4.78, 5) is 0. The molecule has 0 amide bonds. The van der Waals surface area contributed by atoms with Gasteiger partial charge in [-0.2, -0.15) is 0 Å². The number of hydrogen-bond donors (Lipinski definition) is 1. The molecule has 0 radical (unpaired) electrons. The zero-order chi connectivity index (χ0) is 11.4. The van der Waals surface area contributed by atoms with Crippen LogP contribution in [0.4, 0.5) is 0 Å². The lowest BCUT2D eigenvalue weighted by Crippen LogP contribution is -1.97. The third-order valence-corrected chi connectivity index (χ3v) is 4.19. The Balaban J connectivity index is 2.00. The molecule has 1 saturated carbocycles. The molecule has 2 heteroatoms. The van der Waals surface area contributed by atoms with E-state index >= 15 is 0 Å². The fourth-order valence-electron chi connectivity index (χ4n) is 3.21. The molecule has 1 aromatic carbocycles. The molecule has 0 bridgehead atoms. The highest BCUT2D eigenvalue weighted by molar-refractivity contribution is 5.85. The fraction of sp³-hybridized carbons (Fsp3) is 0.467. The molecule has 0 aliphatic heterocycles. The lowest BCUT2D eigenvalue weighted by Gasteiger charge is -2.00. The Bertz CT molecular complexity index is 592. The number of benzene rings is 1. The lowest BCUT2D eigenvalue weighted by atomic mass is 10.0. The largest absolute Gasteiger partial charge is 0.459 e. The maximum atomic E-state index is 5.95. The Hall–Kier alpha value is -1.28. The minimum Gasteiger partial charge on any atom is -0.459 e. The van der Waals surface area contributed by atoms with Gasteiger partial charge in [-0.15, -0.1) is 0 Å². The minimum atomic E-state index is 0.533.